The average molecular weight is 291 g/mol. The molecule has 1 amide bonds. The number of anilines is 2. The first-order valence-corrected chi connectivity index (χ1v) is 7.75. The summed E-state index contributed by atoms with van der Waals surface area (Å²) < 4.78 is 5.59. The van der Waals surface area contributed by atoms with Gasteiger partial charge in [0.1, 0.15) is 5.75 Å². The first-order chi connectivity index (χ1) is 10.2. The number of nitrogens with two attached hydrogens (primary N) is 1. The summed E-state index contributed by atoms with van der Waals surface area (Å²) >= 11 is 0. The first-order valence-electron chi connectivity index (χ1n) is 7.75. The summed E-state index contributed by atoms with van der Waals surface area (Å²) in [6.07, 6.45) is 4.55. The van der Waals surface area contributed by atoms with Gasteiger partial charge in [-0.2, -0.15) is 0 Å². The van der Waals surface area contributed by atoms with Crippen LogP contribution in [0.4, 0.5) is 11.4 Å². The third-order valence-electron chi connectivity index (χ3n) is 3.37. The molecule has 1 aliphatic rings. The Morgan fingerprint density at radius 1 is 1.43 bits per heavy atom. The zero-order valence-corrected chi connectivity index (χ0v) is 12.7. The number of amides is 1. The lowest BCUT2D eigenvalue weighted by Crippen LogP contribution is -2.25. The summed E-state index contributed by atoms with van der Waals surface area (Å²) in [5, 5.41) is 6.25. The minimum atomic E-state index is 0.146. The standard InChI is InChI=1S/C16H25N3O2/c1-2-11-21-14-6-3-5-13(16(14)17)18-10-4-7-15(20)19-12-8-9-12/h3,5-6,12,18H,2,4,7-11,17H2,1H3,(H,19,20). The number of carbonyl (C=O) groups excluding carboxylic acids is 1. The summed E-state index contributed by atoms with van der Waals surface area (Å²) in [6, 6.07) is 6.16. The van der Waals surface area contributed by atoms with Gasteiger partial charge in [0.2, 0.25) is 5.91 Å². The summed E-state index contributed by atoms with van der Waals surface area (Å²) in [4.78, 5) is 11.6. The molecule has 0 unspecified atom stereocenters. The van der Waals surface area contributed by atoms with Gasteiger partial charge in [-0.25, -0.2) is 0 Å². The Bertz CT molecular complexity index is 473. The molecule has 0 heterocycles. The van der Waals surface area contributed by atoms with Crippen molar-refractivity contribution in [3.05, 3.63) is 18.2 Å². The van der Waals surface area contributed by atoms with Gasteiger partial charge in [-0.1, -0.05) is 13.0 Å². The molecule has 2 rings (SSSR count). The second-order valence-electron chi connectivity index (χ2n) is 5.44. The Labute approximate surface area is 126 Å². The number of rotatable bonds is 9. The van der Waals surface area contributed by atoms with E-state index in [1.807, 2.05) is 18.2 Å². The van der Waals surface area contributed by atoms with Gasteiger partial charge in [0, 0.05) is 19.0 Å². The maximum atomic E-state index is 11.6. The topological polar surface area (TPSA) is 76.4 Å². The molecular weight excluding hydrogens is 266 g/mol. The Kier molecular flexibility index (Phi) is 5.72. The highest BCUT2D eigenvalue weighted by atomic mass is 16.5. The molecule has 0 radical (unpaired) electrons. The summed E-state index contributed by atoms with van der Waals surface area (Å²) in [5.74, 6) is 0.862. The van der Waals surface area contributed by atoms with Crippen LogP contribution in [0, 0.1) is 0 Å². The number of hydrogen-bond donors (Lipinski definition) is 3. The van der Waals surface area contributed by atoms with E-state index in [1.54, 1.807) is 0 Å². The van der Waals surface area contributed by atoms with E-state index in [0.29, 0.717) is 30.5 Å². The zero-order chi connectivity index (χ0) is 15.1. The van der Waals surface area contributed by atoms with Crippen LogP contribution in [0.1, 0.15) is 39.0 Å². The van der Waals surface area contributed by atoms with Crippen LogP contribution in [-0.2, 0) is 4.79 Å². The quantitative estimate of drug-likeness (QED) is 0.483. The lowest BCUT2D eigenvalue weighted by Gasteiger charge is -2.13. The summed E-state index contributed by atoms with van der Waals surface area (Å²) in [5.41, 5.74) is 7.57. The van der Waals surface area contributed by atoms with Crippen LogP contribution >= 0.6 is 0 Å². The van der Waals surface area contributed by atoms with Gasteiger partial charge in [0.25, 0.3) is 0 Å². The van der Waals surface area contributed by atoms with Crippen molar-refractivity contribution in [3.8, 4) is 5.75 Å². The highest BCUT2D eigenvalue weighted by Crippen LogP contribution is 2.29. The van der Waals surface area contributed by atoms with Crippen LogP contribution in [-0.4, -0.2) is 25.1 Å². The summed E-state index contributed by atoms with van der Waals surface area (Å²) in [6.45, 7) is 3.44. The third-order valence-corrected chi connectivity index (χ3v) is 3.37. The average Bonchev–Trinajstić information content (AvgIpc) is 3.27. The molecular formula is C16H25N3O2. The fourth-order valence-corrected chi connectivity index (χ4v) is 2.04. The van der Waals surface area contributed by atoms with Gasteiger partial charge in [0.05, 0.1) is 18.0 Å². The normalized spacial score (nSPS) is 13.8. The van der Waals surface area contributed by atoms with E-state index in [-0.39, 0.29) is 5.91 Å². The molecule has 0 atom stereocenters. The van der Waals surface area contributed by atoms with E-state index in [4.69, 9.17) is 10.5 Å². The predicted molar refractivity (Wildman–Crippen MR) is 85.5 cm³/mol. The second kappa shape index (κ2) is 7.76. The second-order valence-corrected chi connectivity index (χ2v) is 5.44. The van der Waals surface area contributed by atoms with Gasteiger partial charge in [-0.05, 0) is 37.8 Å². The maximum absolute atomic E-state index is 11.6. The Balaban J connectivity index is 1.73. The van der Waals surface area contributed by atoms with Gasteiger partial charge in [-0.3, -0.25) is 4.79 Å². The van der Waals surface area contributed by atoms with E-state index in [9.17, 15) is 4.79 Å². The summed E-state index contributed by atoms with van der Waals surface area (Å²) in [7, 11) is 0. The Morgan fingerprint density at radius 3 is 2.95 bits per heavy atom. The molecule has 1 aromatic rings. The molecule has 0 saturated heterocycles. The number of carbonyl (C=O) groups is 1. The highest BCUT2D eigenvalue weighted by Gasteiger charge is 2.22. The van der Waals surface area contributed by atoms with Crippen molar-refractivity contribution in [1.82, 2.24) is 5.32 Å². The molecule has 0 aliphatic heterocycles. The molecule has 1 aliphatic carbocycles. The molecule has 0 bridgehead atoms. The molecule has 1 fully saturated rings. The Morgan fingerprint density at radius 2 is 2.24 bits per heavy atom. The van der Waals surface area contributed by atoms with Crippen molar-refractivity contribution >= 4 is 17.3 Å². The number of ether oxygens (including phenoxy) is 1. The van der Waals surface area contributed by atoms with E-state index < -0.39 is 0 Å². The lowest BCUT2D eigenvalue weighted by molar-refractivity contribution is -0.121. The van der Waals surface area contributed by atoms with Gasteiger partial charge >= 0.3 is 0 Å². The maximum Gasteiger partial charge on any atom is 0.220 e. The molecule has 1 aromatic carbocycles. The fourth-order valence-electron chi connectivity index (χ4n) is 2.04. The van der Waals surface area contributed by atoms with Crippen molar-refractivity contribution in [3.63, 3.8) is 0 Å². The predicted octanol–water partition coefficient (Wildman–Crippen LogP) is 2.53. The highest BCUT2D eigenvalue weighted by molar-refractivity contribution is 5.76. The van der Waals surface area contributed by atoms with Gasteiger partial charge in [-0.15, -0.1) is 0 Å². The van der Waals surface area contributed by atoms with Crippen LogP contribution in [0.25, 0.3) is 0 Å². The largest absolute Gasteiger partial charge is 0.491 e. The van der Waals surface area contributed by atoms with Gasteiger partial charge in [0.15, 0.2) is 0 Å². The number of benzene rings is 1. The van der Waals surface area contributed by atoms with Crippen LogP contribution in [0.2, 0.25) is 0 Å². The minimum Gasteiger partial charge on any atom is -0.491 e. The molecule has 5 heteroatoms. The van der Waals surface area contributed by atoms with E-state index in [0.717, 1.165) is 37.9 Å². The van der Waals surface area contributed by atoms with E-state index in [1.165, 1.54) is 0 Å². The van der Waals surface area contributed by atoms with Crippen molar-refractivity contribution in [2.24, 2.45) is 0 Å². The first kappa shape index (κ1) is 15.5. The molecule has 0 spiro atoms. The SMILES string of the molecule is CCCOc1cccc(NCCCC(=O)NC2CC2)c1N. The molecule has 0 aromatic heterocycles. The van der Waals surface area contributed by atoms with Crippen LogP contribution in [0.3, 0.4) is 0 Å². The van der Waals surface area contributed by atoms with Crippen LogP contribution in [0.15, 0.2) is 18.2 Å². The fraction of sp³-hybridized carbons (Fsp3) is 0.562. The van der Waals surface area contributed by atoms with Crippen molar-refractivity contribution in [1.29, 1.82) is 0 Å². The van der Waals surface area contributed by atoms with E-state index in [2.05, 4.69) is 17.6 Å². The van der Waals surface area contributed by atoms with Crippen LogP contribution < -0.4 is 21.1 Å². The number of hydrogen-bond acceptors (Lipinski definition) is 4. The number of nitrogens with one attached hydrogen (secondary N) is 2. The molecule has 116 valence electrons. The smallest absolute Gasteiger partial charge is 0.220 e. The van der Waals surface area contributed by atoms with Crippen LogP contribution in [0.5, 0.6) is 5.75 Å². The minimum absolute atomic E-state index is 0.146. The Hall–Kier alpha value is -1.91. The molecule has 21 heavy (non-hydrogen) atoms. The van der Waals surface area contributed by atoms with E-state index >= 15 is 0 Å². The van der Waals surface area contributed by atoms with Gasteiger partial charge < -0.3 is 21.1 Å². The van der Waals surface area contributed by atoms with Crippen molar-refractivity contribution < 1.29 is 9.53 Å². The monoisotopic (exact) mass is 291 g/mol. The number of nitrogen functional groups attached to an aromatic ring is 1. The zero-order valence-electron chi connectivity index (χ0n) is 12.7. The lowest BCUT2D eigenvalue weighted by atomic mass is 10.2. The number of para-hydroxylation sites is 1. The van der Waals surface area contributed by atoms with Crippen molar-refractivity contribution in [2.75, 3.05) is 24.2 Å². The molecule has 5 nitrogen and oxygen atoms in total. The third kappa shape index (κ3) is 5.17. The van der Waals surface area contributed by atoms with Crippen molar-refractivity contribution in [2.45, 2.75) is 45.1 Å². The molecule has 1 saturated carbocycles. The molecule has 4 N–H and O–H groups in total.